The number of guanidine groups is 1. The molecule has 1 unspecified atom stereocenters. The summed E-state index contributed by atoms with van der Waals surface area (Å²) in [4.78, 5) is 21.8. The van der Waals surface area contributed by atoms with Gasteiger partial charge in [-0.1, -0.05) is 6.07 Å². The van der Waals surface area contributed by atoms with Gasteiger partial charge in [0.05, 0.1) is 6.54 Å². The lowest BCUT2D eigenvalue weighted by Crippen LogP contribution is -2.41. The van der Waals surface area contributed by atoms with Gasteiger partial charge in [0.1, 0.15) is 6.54 Å². The molecule has 1 amide bonds. The Morgan fingerprint density at radius 3 is 2.85 bits per heavy atom. The molecule has 1 aromatic heterocycles. The van der Waals surface area contributed by atoms with E-state index in [1.54, 1.807) is 30.3 Å². The average Bonchev–Trinajstić information content (AvgIpc) is 3.34. The molecule has 0 aromatic carbocycles. The number of thiophene rings is 1. The fourth-order valence-corrected chi connectivity index (χ4v) is 4.33. The monoisotopic (exact) mass is 378 g/mol. The van der Waals surface area contributed by atoms with Gasteiger partial charge in [-0.25, -0.2) is 4.99 Å². The highest BCUT2D eigenvalue weighted by Gasteiger charge is 2.32. The smallest absolute Gasteiger partial charge is 0.243 e. The molecule has 3 rings (SSSR count). The van der Waals surface area contributed by atoms with E-state index in [-0.39, 0.29) is 12.5 Å². The highest BCUT2D eigenvalue weighted by Crippen LogP contribution is 2.31. The van der Waals surface area contributed by atoms with Crippen molar-refractivity contribution >= 4 is 23.2 Å². The van der Waals surface area contributed by atoms with Crippen LogP contribution in [0.1, 0.15) is 24.1 Å². The number of rotatable bonds is 5. The quantitative estimate of drug-likeness (QED) is 0.629. The van der Waals surface area contributed by atoms with E-state index in [1.165, 1.54) is 24.1 Å². The van der Waals surface area contributed by atoms with Crippen molar-refractivity contribution in [3.63, 3.8) is 0 Å². The highest BCUT2D eigenvalue weighted by molar-refractivity contribution is 7.09. The van der Waals surface area contributed by atoms with Crippen molar-refractivity contribution in [3.05, 3.63) is 22.4 Å². The van der Waals surface area contributed by atoms with Gasteiger partial charge < -0.3 is 19.9 Å². The molecule has 0 spiro atoms. The van der Waals surface area contributed by atoms with Crippen LogP contribution in [0.3, 0.4) is 0 Å². The van der Waals surface area contributed by atoms with Crippen LogP contribution in [-0.2, 0) is 16.1 Å². The molecule has 0 aliphatic carbocycles. The number of carbonyl (C=O) groups is 1. The second kappa shape index (κ2) is 9.37. The maximum atomic E-state index is 12.0. The van der Waals surface area contributed by atoms with Crippen molar-refractivity contribution in [2.45, 2.75) is 25.8 Å². The first-order valence-corrected chi connectivity index (χ1v) is 10.3. The van der Waals surface area contributed by atoms with Crippen molar-refractivity contribution < 1.29 is 9.53 Å². The summed E-state index contributed by atoms with van der Waals surface area (Å²) in [6.07, 6.45) is 3.55. The molecule has 2 aliphatic heterocycles. The number of hydrogen-bond donors (Lipinski definition) is 1. The lowest BCUT2D eigenvalue weighted by Gasteiger charge is -2.28. The van der Waals surface area contributed by atoms with E-state index < -0.39 is 0 Å². The number of aliphatic imine (C=N–C) groups is 1. The molecule has 7 heteroatoms. The van der Waals surface area contributed by atoms with Gasteiger partial charge in [-0.05, 0) is 42.5 Å². The van der Waals surface area contributed by atoms with Gasteiger partial charge in [0.2, 0.25) is 5.91 Å². The van der Waals surface area contributed by atoms with Gasteiger partial charge in [0, 0.05) is 45.3 Å². The van der Waals surface area contributed by atoms with Crippen LogP contribution in [0.2, 0.25) is 0 Å². The summed E-state index contributed by atoms with van der Waals surface area (Å²) in [6.45, 7) is 4.78. The summed E-state index contributed by atoms with van der Waals surface area (Å²) < 4.78 is 5.51. The maximum absolute atomic E-state index is 12.0. The van der Waals surface area contributed by atoms with Crippen molar-refractivity contribution in [1.29, 1.82) is 0 Å². The molecule has 3 heterocycles. The third kappa shape index (κ3) is 5.20. The molecule has 2 fully saturated rings. The fourth-order valence-electron chi connectivity index (χ4n) is 3.68. The molecule has 144 valence electrons. The number of hydrogen-bond acceptors (Lipinski definition) is 4. The number of carbonyl (C=O) groups excluding carboxylic acids is 1. The number of amides is 1. The zero-order valence-electron chi connectivity index (χ0n) is 15.8. The minimum absolute atomic E-state index is 0.0283. The molecule has 26 heavy (non-hydrogen) atoms. The molecular formula is C19H30N4O2S. The van der Waals surface area contributed by atoms with Crippen molar-refractivity contribution in [1.82, 2.24) is 15.1 Å². The molecule has 0 saturated carbocycles. The Morgan fingerprint density at radius 2 is 2.15 bits per heavy atom. The van der Waals surface area contributed by atoms with E-state index in [0.717, 1.165) is 44.7 Å². The Morgan fingerprint density at radius 1 is 1.35 bits per heavy atom. The first-order chi connectivity index (χ1) is 12.6. The van der Waals surface area contributed by atoms with E-state index in [9.17, 15) is 4.79 Å². The van der Waals surface area contributed by atoms with E-state index in [1.807, 2.05) is 0 Å². The first-order valence-electron chi connectivity index (χ1n) is 9.47. The maximum Gasteiger partial charge on any atom is 0.243 e. The van der Waals surface area contributed by atoms with Crippen LogP contribution in [0, 0.1) is 11.8 Å². The summed E-state index contributed by atoms with van der Waals surface area (Å²) in [5.74, 6) is 2.36. The SMILES string of the molecule is CN(C)C(=O)CN=C(NCc1cccs1)N1CCC(C2CCOCC2)C1. The zero-order chi connectivity index (χ0) is 18.4. The zero-order valence-corrected chi connectivity index (χ0v) is 16.6. The molecular weight excluding hydrogens is 348 g/mol. The molecule has 1 atom stereocenters. The van der Waals surface area contributed by atoms with Crippen molar-refractivity contribution in [3.8, 4) is 0 Å². The molecule has 1 aromatic rings. The van der Waals surface area contributed by atoms with Crippen LogP contribution in [0.5, 0.6) is 0 Å². The summed E-state index contributed by atoms with van der Waals surface area (Å²) in [6, 6.07) is 4.18. The van der Waals surface area contributed by atoms with Crippen LogP contribution in [0.15, 0.2) is 22.5 Å². The van der Waals surface area contributed by atoms with Gasteiger partial charge in [-0.2, -0.15) is 0 Å². The Balaban J connectivity index is 1.62. The topological polar surface area (TPSA) is 57.2 Å². The second-order valence-corrected chi connectivity index (χ2v) is 8.34. The average molecular weight is 379 g/mol. The Labute approximate surface area is 160 Å². The summed E-state index contributed by atoms with van der Waals surface area (Å²) in [5.41, 5.74) is 0. The molecule has 2 saturated heterocycles. The lowest BCUT2D eigenvalue weighted by molar-refractivity contribution is -0.127. The van der Waals surface area contributed by atoms with Crippen molar-refractivity contribution in [2.24, 2.45) is 16.8 Å². The minimum Gasteiger partial charge on any atom is -0.381 e. The van der Waals surface area contributed by atoms with Crippen molar-refractivity contribution in [2.75, 3.05) is 46.9 Å². The van der Waals surface area contributed by atoms with Gasteiger partial charge in [-0.15, -0.1) is 11.3 Å². The Bertz CT molecular complexity index is 597. The first kappa shape index (κ1) is 19.2. The Hall–Kier alpha value is -1.60. The summed E-state index contributed by atoms with van der Waals surface area (Å²) in [5, 5.41) is 5.56. The second-order valence-electron chi connectivity index (χ2n) is 7.31. The molecule has 0 bridgehead atoms. The van der Waals surface area contributed by atoms with Crippen LogP contribution < -0.4 is 5.32 Å². The fraction of sp³-hybridized carbons (Fsp3) is 0.684. The van der Waals surface area contributed by atoms with E-state index in [2.05, 4.69) is 32.7 Å². The highest BCUT2D eigenvalue weighted by atomic mass is 32.1. The van der Waals surface area contributed by atoms with Crippen LogP contribution in [-0.4, -0.2) is 68.6 Å². The normalized spacial score (nSPS) is 21.8. The van der Waals surface area contributed by atoms with Crippen LogP contribution in [0.25, 0.3) is 0 Å². The third-order valence-corrected chi connectivity index (χ3v) is 6.20. The van der Waals surface area contributed by atoms with Gasteiger partial charge >= 0.3 is 0 Å². The predicted octanol–water partition coefficient (Wildman–Crippen LogP) is 2.03. The number of ether oxygens (including phenoxy) is 1. The van der Waals surface area contributed by atoms with Gasteiger partial charge in [0.15, 0.2) is 5.96 Å². The molecule has 6 nitrogen and oxygen atoms in total. The number of likely N-dealkylation sites (tertiary alicyclic amines) is 1. The van der Waals surface area contributed by atoms with Crippen LogP contribution >= 0.6 is 11.3 Å². The van der Waals surface area contributed by atoms with E-state index in [0.29, 0.717) is 5.92 Å². The summed E-state index contributed by atoms with van der Waals surface area (Å²) in [7, 11) is 3.54. The largest absolute Gasteiger partial charge is 0.381 e. The summed E-state index contributed by atoms with van der Waals surface area (Å²) >= 11 is 1.73. The van der Waals surface area contributed by atoms with E-state index in [4.69, 9.17) is 4.74 Å². The van der Waals surface area contributed by atoms with Gasteiger partial charge in [0.25, 0.3) is 0 Å². The van der Waals surface area contributed by atoms with Crippen LogP contribution in [0.4, 0.5) is 0 Å². The molecule has 0 radical (unpaired) electrons. The van der Waals surface area contributed by atoms with E-state index >= 15 is 0 Å². The number of nitrogens with one attached hydrogen (secondary N) is 1. The Kier molecular flexibility index (Phi) is 6.91. The lowest BCUT2D eigenvalue weighted by atomic mass is 9.85. The third-order valence-electron chi connectivity index (χ3n) is 5.32. The predicted molar refractivity (Wildman–Crippen MR) is 105 cm³/mol. The molecule has 1 N–H and O–H groups in total. The number of likely N-dealkylation sites (N-methyl/N-ethyl adjacent to an activating group) is 1. The standard InChI is InChI=1S/C19H30N4O2S/c1-22(2)18(24)13-21-19(20-12-17-4-3-11-26-17)23-8-5-16(14-23)15-6-9-25-10-7-15/h3-4,11,15-16H,5-10,12-14H2,1-2H3,(H,20,21). The number of nitrogens with zero attached hydrogens (tertiary/aromatic N) is 3. The molecule has 2 aliphatic rings. The van der Waals surface area contributed by atoms with Gasteiger partial charge in [-0.3, -0.25) is 4.79 Å². The minimum atomic E-state index is 0.0283.